The number of benzene rings is 3. The van der Waals surface area contributed by atoms with Gasteiger partial charge in [0.2, 0.25) is 0 Å². The van der Waals surface area contributed by atoms with E-state index >= 15 is 0 Å². The molecule has 0 aliphatic carbocycles. The maximum atomic E-state index is 10.5. The van der Waals surface area contributed by atoms with E-state index in [0.29, 0.717) is 8.58 Å². The molecule has 0 spiro atoms. The van der Waals surface area contributed by atoms with Crippen LogP contribution in [0.15, 0.2) is 78.9 Å². The number of para-hydroxylation sites is 1. The van der Waals surface area contributed by atoms with Crippen molar-refractivity contribution in [2.75, 3.05) is 13.4 Å². The zero-order valence-corrected chi connectivity index (χ0v) is 16.7. The van der Waals surface area contributed by atoms with Gasteiger partial charge in [-0.1, -0.05) is 81.4 Å². The van der Waals surface area contributed by atoms with Gasteiger partial charge >= 0.3 is 0 Å². The zero-order chi connectivity index (χ0) is 19.1. The summed E-state index contributed by atoms with van der Waals surface area (Å²) >= 11 is 0. The Bertz CT molecular complexity index is 854. The third-order valence-corrected chi connectivity index (χ3v) is 5.84. The summed E-state index contributed by atoms with van der Waals surface area (Å²) in [7, 11) is 2.30. The first kappa shape index (κ1) is 19.6. The second-order valence-corrected chi connectivity index (χ2v) is 7.69. The van der Waals surface area contributed by atoms with Crippen LogP contribution in [-0.4, -0.2) is 24.5 Å². The first-order chi connectivity index (χ1) is 13.2. The van der Waals surface area contributed by atoms with Crippen LogP contribution in [0.3, 0.4) is 0 Å². The molecule has 0 aromatic heterocycles. The second-order valence-electron chi connectivity index (χ2n) is 6.45. The van der Waals surface area contributed by atoms with Gasteiger partial charge in [-0.05, 0) is 29.4 Å². The fraction of sp³-hybridized carbons (Fsp3) is 0.217. The lowest BCUT2D eigenvalue weighted by Crippen LogP contribution is -2.32. The van der Waals surface area contributed by atoms with E-state index < -0.39 is 6.10 Å². The average molecular weight is 379 g/mol. The maximum absolute atomic E-state index is 10.5. The van der Waals surface area contributed by atoms with Gasteiger partial charge in [-0.15, -0.1) is 0 Å². The minimum atomic E-state index is -0.513. The summed E-state index contributed by atoms with van der Waals surface area (Å²) in [5.41, 5.74) is 3.25. The van der Waals surface area contributed by atoms with Gasteiger partial charge in [0, 0.05) is 17.9 Å². The molecule has 0 aliphatic rings. The number of aliphatic hydroxyl groups is 1. The van der Waals surface area contributed by atoms with Crippen molar-refractivity contribution in [3.63, 3.8) is 0 Å². The van der Waals surface area contributed by atoms with Crippen LogP contribution in [0.25, 0.3) is 11.1 Å². The van der Waals surface area contributed by atoms with Crippen molar-refractivity contribution >= 4 is 13.9 Å². The molecule has 0 fully saturated rings. The van der Waals surface area contributed by atoms with Gasteiger partial charge in [0.05, 0.1) is 13.2 Å². The van der Waals surface area contributed by atoms with Crippen LogP contribution in [0.2, 0.25) is 0 Å². The molecule has 27 heavy (non-hydrogen) atoms. The molecule has 0 aliphatic heterocycles. The number of methoxy groups -OCH3 is 1. The van der Waals surface area contributed by atoms with Crippen LogP contribution in [0.5, 0.6) is 5.75 Å². The molecule has 0 radical (unpaired) electrons. The Hall–Kier alpha value is -2.19. The first-order valence-corrected chi connectivity index (χ1v) is 10.3. The Labute approximate surface area is 163 Å². The summed E-state index contributed by atoms with van der Waals surface area (Å²) in [5, 5.41) is 15.3. The van der Waals surface area contributed by atoms with Crippen LogP contribution in [0.1, 0.15) is 18.6 Å². The van der Waals surface area contributed by atoms with Crippen molar-refractivity contribution in [3.05, 3.63) is 84.4 Å². The molecule has 3 aromatic rings. The standard InChI is InChI=1S/C23H26NO2P/c1-17(23(25)18-10-4-3-5-11-18)24-16-27-22-15-9-7-13-20(22)19-12-6-8-14-21(19)26-2/h3-15,17,23-25,27H,16H2,1-2H3/t17-,23?/m0/s1. The average Bonchev–Trinajstić information content (AvgIpc) is 2.74. The van der Waals surface area contributed by atoms with Crippen molar-refractivity contribution in [2.45, 2.75) is 19.1 Å². The van der Waals surface area contributed by atoms with E-state index in [0.717, 1.165) is 23.2 Å². The number of rotatable bonds is 8. The van der Waals surface area contributed by atoms with Crippen molar-refractivity contribution in [3.8, 4) is 16.9 Å². The van der Waals surface area contributed by atoms with E-state index in [-0.39, 0.29) is 6.04 Å². The van der Waals surface area contributed by atoms with E-state index in [1.165, 1.54) is 10.9 Å². The molecule has 4 heteroatoms. The third kappa shape index (κ3) is 4.95. The lowest BCUT2D eigenvalue weighted by Gasteiger charge is -2.21. The quantitative estimate of drug-likeness (QED) is 0.572. The number of nitrogens with one attached hydrogen (secondary N) is 1. The summed E-state index contributed by atoms with van der Waals surface area (Å²) in [4.78, 5) is 0. The van der Waals surface area contributed by atoms with Gasteiger partial charge in [0.25, 0.3) is 0 Å². The van der Waals surface area contributed by atoms with Crippen molar-refractivity contribution < 1.29 is 9.84 Å². The normalized spacial score (nSPS) is 13.6. The molecule has 0 bridgehead atoms. The first-order valence-electron chi connectivity index (χ1n) is 9.13. The Morgan fingerprint density at radius 3 is 2.26 bits per heavy atom. The van der Waals surface area contributed by atoms with Gasteiger partial charge in [0.15, 0.2) is 0 Å². The second kappa shape index (κ2) is 9.66. The lowest BCUT2D eigenvalue weighted by molar-refractivity contribution is 0.139. The highest BCUT2D eigenvalue weighted by Gasteiger charge is 2.16. The van der Waals surface area contributed by atoms with E-state index in [4.69, 9.17) is 4.74 Å². The zero-order valence-electron chi connectivity index (χ0n) is 15.7. The Kier molecular flexibility index (Phi) is 7.00. The number of hydrogen-bond donors (Lipinski definition) is 2. The molecule has 3 rings (SSSR count). The monoisotopic (exact) mass is 379 g/mol. The number of hydrogen-bond acceptors (Lipinski definition) is 3. The van der Waals surface area contributed by atoms with Crippen LogP contribution in [0.4, 0.5) is 0 Å². The van der Waals surface area contributed by atoms with Crippen LogP contribution < -0.4 is 15.4 Å². The molecule has 3 atom stereocenters. The Morgan fingerprint density at radius 2 is 1.52 bits per heavy atom. The van der Waals surface area contributed by atoms with E-state index in [9.17, 15) is 5.11 Å². The summed E-state index contributed by atoms with van der Waals surface area (Å²) in [6, 6.07) is 26.3. The molecule has 2 unspecified atom stereocenters. The third-order valence-electron chi connectivity index (χ3n) is 4.64. The molecule has 140 valence electrons. The van der Waals surface area contributed by atoms with Gasteiger partial charge in [0.1, 0.15) is 5.75 Å². The SMILES string of the molecule is COc1ccccc1-c1ccccc1PCN[C@@H](C)C(O)c1ccccc1. The van der Waals surface area contributed by atoms with Gasteiger partial charge < -0.3 is 15.2 Å². The van der Waals surface area contributed by atoms with E-state index in [2.05, 4.69) is 35.6 Å². The fourth-order valence-electron chi connectivity index (χ4n) is 3.10. The molecule has 0 heterocycles. The lowest BCUT2D eigenvalue weighted by atomic mass is 10.0. The van der Waals surface area contributed by atoms with Crippen molar-refractivity contribution in [2.24, 2.45) is 0 Å². The largest absolute Gasteiger partial charge is 0.496 e. The summed E-state index contributed by atoms with van der Waals surface area (Å²) < 4.78 is 5.53. The molecule has 0 saturated heterocycles. The van der Waals surface area contributed by atoms with Crippen LogP contribution in [0, 0.1) is 0 Å². The molecular formula is C23H26NO2P. The molecule has 0 amide bonds. The van der Waals surface area contributed by atoms with Gasteiger partial charge in [-0.2, -0.15) is 0 Å². The van der Waals surface area contributed by atoms with Gasteiger partial charge in [-0.3, -0.25) is 0 Å². The smallest absolute Gasteiger partial charge is 0.126 e. The highest BCUT2D eigenvalue weighted by molar-refractivity contribution is 7.47. The maximum Gasteiger partial charge on any atom is 0.126 e. The number of ether oxygens (including phenoxy) is 1. The van der Waals surface area contributed by atoms with E-state index in [1.807, 2.05) is 55.5 Å². The highest BCUT2D eigenvalue weighted by Crippen LogP contribution is 2.31. The predicted molar refractivity (Wildman–Crippen MR) is 115 cm³/mol. The summed E-state index contributed by atoms with van der Waals surface area (Å²) in [6.07, 6.45) is 0.303. The topological polar surface area (TPSA) is 41.5 Å². The fourth-order valence-corrected chi connectivity index (χ4v) is 4.33. The molecule has 3 aromatic carbocycles. The van der Waals surface area contributed by atoms with E-state index in [1.54, 1.807) is 7.11 Å². The summed E-state index contributed by atoms with van der Waals surface area (Å²) in [5.74, 6) is 0.885. The van der Waals surface area contributed by atoms with Crippen LogP contribution in [-0.2, 0) is 0 Å². The van der Waals surface area contributed by atoms with Crippen molar-refractivity contribution in [1.29, 1.82) is 0 Å². The Balaban J connectivity index is 1.67. The highest BCUT2D eigenvalue weighted by atomic mass is 31.1. The predicted octanol–water partition coefficient (Wildman–Crippen LogP) is 4.34. The molecule has 0 saturated carbocycles. The minimum Gasteiger partial charge on any atom is -0.496 e. The molecular weight excluding hydrogens is 353 g/mol. The number of aliphatic hydroxyl groups excluding tert-OH is 1. The Morgan fingerprint density at radius 1 is 0.889 bits per heavy atom. The van der Waals surface area contributed by atoms with Crippen LogP contribution >= 0.6 is 8.58 Å². The molecule has 3 nitrogen and oxygen atoms in total. The summed E-state index contributed by atoms with van der Waals surface area (Å²) in [6.45, 7) is 2.02. The minimum absolute atomic E-state index is 0.0154. The van der Waals surface area contributed by atoms with Crippen molar-refractivity contribution in [1.82, 2.24) is 5.32 Å². The van der Waals surface area contributed by atoms with Gasteiger partial charge in [-0.25, -0.2) is 0 Å². The molecule has 2 N–H and O–H groups in total.